The van der Waals surface area contributed by atoms with Crippen LogP contribution in [0.5, 0.6) is 0 Å². The van der Waals surface area contributed by atoms with Crippen LogP contribution < -0.4 is 0 Å². The summed E-state index contributed by atoms with van der Waals surface area (Å²) in [6.45, 7) is 3.03. The summed E-state index contributed by atoms with van der Waals surface area (Å²) in [6, 6.07) is 4.05. The van der Waals surface area contributed by atoms with Gasteiger partial charge in [0.1, 0.15) is 0 Å². The van der Waals surface area contributed by atoms with Gasteiger partial charge in [-0.25, -0.2) is 0 Å². The van der Waals surface area contributed by atoms with Crippen LogP contribution in [0.2, 0.25) is 0 Å². The molecule has 0 bridgehead atoms. The zero-order valence-corrected chi connectivity index (χ0v) is 11.7. The molecule has 1 unspecified atom stereocenters. The fourth-order valence-electron chi connectivity index (χ4n) is 2.19. The summed E-state index contributed by atoms with van der Waals surface area (Å²) in [5, 5.41) is 0.402. The van der Waals surface area contributed by atoms with Gasteiger partial charge in [-0.1, -0.05) is 19.8 Å². The molecule has 3 nitrogen and oxygen atoms in total. The highest BCUT2D eigenvalue weighted by atomic mass is 32.2. The number of hydrogen-bond acceptors (Lipinski definition) is 3. The Hall–Kier alpha value is -1.03. The number of rotatable bonds is 6. The zero-order valence-electron chi connectivity index (χ0n) is 10.8. The van der Waals surface area contributed by atoms with Crippen molar-refractivity contribution in [3.05, 3.63) is 30.1 Å². The topological polar surface area (TPSA) is 33.2 Å². The molecule has 2 heterocycles. The predicted octanol–water partition coefficient (Wildman–Crippen LogP) is 2.72. The number of aromatic nitrogens is 1. The van der Waals surface area contributed by atoms with Gasteiger partial charge in [0.25, 0.3) is 0 Å². The lowest BCUT2D eigenvalue weighted by Crippen LogP contribution is -2.34. The van der Waals surface area contributed by atoms with Crippen LogP contribution in [0.25, 0.3) is 0 Å². The molecule has 4 heteroatoms. The van der Waals surface area contributed by atoms with Gasteiger partial charge in [-0.05, 0) is 30.5 Å². The van der Waals surface area contributed by atoms with E-state index in [0.29, 0.717) is 17.0 Å². The lowest BCUT2D eigenvalue weighted by atomic mass is 10.2. The van der Waals surface area contributed by atoms with Gasteiger partial charge in [0.05, 0.1) is 11.1 Å². The molecule has 1 aliphatic rings. The summed E-state index contributed by atoms with van der Waals surface area (Å²) in [7, 11) is 0. The number of unbranched alkanes of at least 4 members (excludes halogenated alkanes) is 1. The summed E-state index contributed by atoms with van der Waals surface area (Å²) in [4.78, 5) is 17.9. The lowest BCUT2D eigenvalue weighted by molar-refractivity contribution is -0.128. The van der Waals surface area contributed by atoms with E-state index in [-0.39, 0.29) is 0 Å². The minimum Gasteiger partial charge on any atom is -0.330 e. The zero-order chi connectivity index (χ0) is 12.8. The maximum atomic E-state index is 11.9. The first-order valence-electron chi connectivity index (χ1n) is 6.61. The quantitative estimate of drug-likeness (QED) is 0.792. The molecule has 0 spiro atoms. The van der Waals surface area contributed by atoms with E-state index in [1.807, 2.05) is 24.5 Å². The molecule has 0 aliphatic carbocycles. The van der Waals surface area contributed by atoms with Crippen molar-refractivity contribution in [1.29, 1.82) is 0 Å². The first kappa shape index (κ1) is 13.4. The highest BCUT2D eigenvalue weighted by Gasteiger charge is 2.30. The van der Waals surface area contributed by atoms with Gasteiger partial charge in [0.15, 0.2) is 0 Å². The van der Waals surface area contributed by atoms with Crippen molar-refractivity contribution in [3.63, 3.8) is 0 Å². The molecule has 0 aromatic carbocycles. The molecule has 0 radical (unpaired) electrons. The maximum Gasteiger partial charge on any atom is 0.233 e. The summed E-state index contributed by atoms with van der Waals surface area (Å²) in [5.41, 5.74) is 1.25. The minimum atomic E-state index is 0.301. The van der Waals surface area contributed by atoms with Gasteiger partial charge in [0.2, 0.25) is 5.91 Å². The average Bonchev–Trinajstić information content (AvgIpc) is 2.76. The number of nitrogens with zero attached hydrogens (tertiary/aromatic N) is 2. The monoisotopic (exact) mass is 264 g/mol. The van der Waals surface area contributed by atoms with E-state index >= 15 is 0 Å². The van der Waals surface area contributed by atoms with Crippen molar-refractivity contribution < 1.29 is 4.79 Å². The molecule has 98 valence electrons. The molecule has 1 saturated heterocycles. The molecule has 1 aromatic rings. The largest absolute Gasteiger partial charge is 0.330 e. The Morgan fingerprint density at radius 1 is 1.44 bits per heavy atom. The average molecular weight is 264 g/mol. The molecular weight excluding hydrogens is 244 g/mol. The highest BCUT2D eigenvalue weighted by molar-refractivity contribution is 8.00. The molecule has 1 aliphatic heterocycles. The lowest BCUT2D eigenvalue weighted by Gasteiger charge is -2.23. The molecule has 0 N–H and O–H groups in total. The predicted molar refractivity (Wildman–Crippen MR) is 75.4 cm³/mol. The number of hydrogen-bond donors (Lipinski definition) is 0. The number of pyridine rings is 1. The second kappa shape index (κ2) is 6.78. The van der Waals surface area contributed by atoms with Crippen LogP contribution in [0.1, 0.15) is 31.7 Å². The first-order chi connectivity index (χ1) is 8.81. The summed E-state index contributed by atoms with van der Waals surface area (Å²) < 4.78 is 0. The fourth-order valence-corrected chi connectivity index (χ4v) is 3.42. The smallest absolute Gasteiger partial charge is 0.233 e. The summed E-state index contributed by atoms with van der Waals surface area (Å²) >= 11 is 1.80. The third-order valence-electron chi connectivity index (χ3n) is 3.26. The van der Waals surface area contributed by atoms with E-state index in [2.05, 4.69) is 16.8 Å². The van der Waals surface area contributed by atoms with E-state index < -0.39 is 0 Å². The van der Waals surface area contributed by atoms with Gasteiger partial charge < -0.3 is 4.90 Å². The van der Waals surface area contributed by atoms with E-state index in [9.17, 15) is 4.79 Å². The van der Waals surface area contributed by atoms with Crippen molar-refractivity contribution in [2.45, 2.75) is 38.0 Å². The normalized spacial score (nSPS) is 19.5. The Balaban J connectivity index is 1.87. The molecule has 2 rings (SSSR count). The number of carbonyl (C=O) groups excluding carboxylic acids is 1. The van der Waals surface area contributed by atoms with Gasteiger partial charge in [-0.3, -0.25) is 9.78 Å². The third-order valence-corrected chi connectivity index (χ3v) is 4.55. The molecule has 1 aromatic heterocycles. The van der Waals surface area contributed by atoms with Crippen LogP contribution in [0.15, 0.2) is 24.5 Å². The standard InChI is InChI=1S/C14H20N2OS/c1-2-3-4-14-16(13(17)11-18-14)10-7-12-5-8-15-9-6-12/h5-6,8-9,14H,2-4,7,10-11H2,1H3. The van der Waals surface area contributed by atoms with Gasteiger partial charge >= 0.3 is 0 Å². The maximum absolute atomic E-state index is 11.9. The molecular formula is C14H20N2OS. The summed E-state index contributed by atoms with van der Waals surface area (Å²) in [6.07, 6.45) is 8.08. The Labute approximate surface area is 113 Å². The Bertz CT molecular complexity index is 383. The van der Waals surface area contributed by atoms with Crippen molar-refractivity contribution >= 4 is 17.7 Å². The van der Waals surface area contributed by atoms with Crippen LogP contribution in [0.4, 0.5) is 0 Å². The van der Waals surface area contributed by atoms with Crippen molar-refractivity contribution in [2.75, 3.05) is 12.3 Å². The van der Waals surface area contributed by atoms with E-state index in [4.69, 9.17) is 0 Å². The van der Waals surface area contributed by atoms with Gasteiger partial charge in [0, 0.05) is 18.9 Å². The number of thioether (sulfide) groups is 1. The second-order valence-corrected chi connectivity index (χ2v) is 5.77. The first-order valence-corrected chi connectivity index (χ1v) is 7.66. The van der Waals surface area contributed by atoms with Gasteiger partial charge in [-0.2, -0.15) is 0 Å². The van der Waals surface area contributed by atoms with Crippen LogP contribution in [0, 0.1) is 0 Å². The van der Waals surface area contributed by atoms with Crippen molar-refractivity contribution in [2.24, 2.45) is 0 Å². The van der Waals surface area contributed by atoms with E-state index in [1.54, 1.807) is 11.8 Å². The van der Waals surface area contributed by atoms with Crippen LogP contribution in [0.3, 0.4) is 0 Å². The van der Waals surface area contributed by atoms with Crippen LogP contribution >= 0.6 is 11.8 Å². The van der Waals surface area contributed by atoms with E-state index in [1.165, 1.54) is 18.4 Å². The molecule has 1 fully saturated rings. The van der Waals surface area contributed by atoms with E-state index in [0.717, 1.165) is 19.4 Å². The Morgan fingerprint density at radius 2 is 2.22 bits per heavy atom. The molecule has 18 heavy (non-hydrogen) atoms. The number of carbonyl (C=O) groups is 1. The van der Waals surface area contributed by atoms with Crippen molar-refractivity contribution in [1.82, 2.24) is 9.88 Å². The van der Waals surface area contributed by atoms with Crippen LogP contribution in [-0.2, 0) is 11.2 Å². The Morgan fingerprint density at radius 3 is 2.94 bits per heavy atom. The minimum absolute atomic E-state index is 0.301. The fraction of sp³-hybridized carbons (Fsp3) is 0.571. The second-order valence-electron chi connectivity index (χ2n) is 4.60. The molecule has 1 atom stereocenters. The number of amides is 1. The Kier molecular flexibility index (Phi) is 5.05. The third kappa shape index (κ3) is 3.48. The highest BCUT2D eigenvalue weighted by Crippen LogP contribution is 2.28. The van der Waals surface area contributed by atoms with Crippen molar-refractivity contribution in [3.8, 4) is 0 Å². The molecule has 1 amide bonds. The molecule has 0 saturated carbocycles. The SMILES string of the molecule is CCCCC1SCC(=O)N1CCc1ccncc1. The van der Waals surface area contributed by atoms with Crippen LogP contribution in [-0.4, -0.2) is 33.5 Å². The summed E-state index contributed by atoms with van der Waals surface area (Å²) in [5.74, 6) is 0.959. The van der Waals surface area contributed by atoms with Gasteiger partial charge in [-0.15, -0.1) is 11.8 Å².